The summed E-state index contributed by atoms with van der Waals surface area (Å²) in [5.74, 6) is -4.47. The standard InChI is InChI=1S/C23H27BrN2O7/c1-6-31-21(28)18-13(4)25-14(5)19(22(29)32-7-2)20(18)23(30)33-11-17(27)26-16-9-8-12(3)10-15(16)24/h8-10,20,25H,6-7,11H2,1-5H3,(H,26,27). The van der Waals surface area contributed by atoms with Crippen LogP contribution < -0.4 is 10.6 Å². The van der Waals surface area contributed by atoms with E-state index in [2.05, 4.69) is 26.6 Å². The van der Waals surface area contributed by atoms with Gasteiger partial charge in [0.15, 0.2) is 6.61 Å². The van der Waals surface area contributed by atoms with Crippen molar-refractivity contribution in [3.63, 3.8) is 0 Å². The monoisotopic (exact) mass is 522 g/mol. The number of allylic oxidation sites excluding steroid dienone is 2. The lowest BCUT2D eigenvalue weighted by Gasteiger charge is -2.28. The van der Waals surface area contributed by atoms with Crippen LogP contribution in [0.5, 0.6) is 0 Å². The van der Waals surface area contributed by atoms with E-state index in [-0.39, 0.29) is 24.4 Å². The number of ether oxygens (including phenoxy) is 3. The van der Waals surface area contributed by atoms with Crippen LogP contribution in [0.15, 0.2) is 45.2 Å². The Labute approximate surface area is 200 Å². The summed E-state index contributed by atoms with van der Waals surface area (Å²) in [4.78, 5) is 50.7. The molecule has 10 heteroatoms. The van der Waals surface area contributed by atoms with Gasteiger partial charge in [0, 0.05) is 15.9 Å². The van der Waals surface area contributed by atoms with Crippen LogP contribution in [0.1, 0.15) is 33.3 Å². The minimum Gasteiger partial charge on any atom is -0.463 e. The molecule has 1 heterocycles. The summed E-state index contributed by atoms with van der Waals surface area (Å²) in [5, 5.41) is 5.56. The van der Waals surface area contributed by atoms with Crippen LogP contribution in [0.25, 0.3) is 0 Å². The highest BCUT2D eigenvalue weighted by Gasteiger charge is 2.42. The number of hydrogen-bond acceptors (Lipinski definition) is 8. The van der Waals surface area contributed by atoms with Gasteiger partial charge < -0.3 is 24.8 Å². The van der Waals surface area contributed by atoms with Crippen molar-refractivity contribution >= 4 is 45.4 Å². The van der Waals surface area contributed by atoms with Gasteiger partial charge in [-0.3, -0.25) is 9.59 Å². The third-order valence-electron chi connectivity index (χ3n) is 4.73. The summed E-state index contributed by atoms with van der Waals surface area (Å²) in [6.07, 6.45) is 0. The fraction of sp³-hybridized carbons (Fsp3) is 0.391. The van der Waals surface area contributed by atoms with E-state index < -0.39 is 36.3 Å². The highest BCUT2D eigenvalue weighted by Crippen LogP contribution is 2.32. The second kappa shape index (κ2) is 11.6. The molecular formula is C23H27BrN2O7. The first-order valence-corrected chi connectivity index (χ1v) is 11.1. The number of carbonyl (C=O) groups excluding carboxylic acids is 4. The predicted molar refractivity (Wildman–Crippen MR) is 124 cm³/mol. The lowest BCUT2D eigenvalue weighted by molar-refractivity contribution is -0.153. The molecule has 1 aliphatic heterocycles. The summed E-state index contributed by atoms with van der Waals surface area (Å²) in [6.45, 7) is 7.85. The Morgan fingerprint density at radius 1 is 0.939 bits per heavy atom. The van der Waals surface area contributed by atoms with Crippen LogP contribution >= 0.6 is 15.9 Å². The molecule has 0 atom stereocenters. The zero-order valence-electron chi connectivity index (χ0n) is 19.2. The minimum absolute atomic E-state index is 0.0720. The number of nitrogens with one attached hydrogen (secondary N) is 2. The lowest BCUT2D eigenvalue weighted by Crippen LogP contribution is -2.39. The van der Waals surface area contributed by atoms with E-state index in [4.69, 9.17) is 14.2 Å². The largest absolute Gasteiger partial charge is 0.463 e. The Morgan fingerprint density at radius 3 is 1.97 bits per heavy atom. The molecule has 1 aromatic carbocycles. The highest BCUT2D eigenvalue weighted by molar-refractivity contribution is 9.10. The molecule has 1 amide bonds. The molecule has 0 unspecified atom stereocenters. The number of halogens is 1. The molecule has 9 nitrogen and oxygen atoms in total. The molecule has 0 fully saturated rings. The molecule has 0 radical (unpaired) electrons. The molecule has 178 valence electrons. The van der Waals surface area contributed by atoms with Crippen molar-refractivity contribution in [2.75, 3.05) is 25.1 Å². The quantitative estimate of drug-likeness (QED) is 0.394. The maximum absolute atomic E-state index is 13.1. The topological polar surface area (TPSA) is 120 Å². The lowest BCUT2D eigenvalue weighted by atomic mass is 9.85. The van der Waals surface area contributed by atoms with E-state index in [1.54, 1.807) is 33.8 Å². The maximum atomic E-state index is 13.1. The molecule has 2 rings (SSSR count). The van der Waals surface area contributed by atoms with Crippen LogP contribution in [0.3, 0.4) is 0 Å². The van der Waals surface area contributed by atoms with Crippen molar-refractivity contribution < 1.29 is 33.4 Å². The van der Waals surface area contributed by atoms with E-state index in [0.29, 0.717) is 21.6 Å². The highest BCUT2D eigenvalue weighted by atomic mass is 79.9. The van der Waals surface area contributed by atoms with Gasteiger partial charge in [-0.25, -0.2) is 9.59 Å². The Balaban J connectivity index is 2.26. The SMILES string of the molecule is CCOC(=O)C1=C(C)NC(C)=C(C(=O)OCC)C1C(=O)OCC(=O)Nc1ccc(C)cc1Br. The van der Waals surface area contributed by atoms with Gasteiger partial charge in [-0.15, -0.1) is 0 Å². The Hall–Kier alpha value is -3.14. The van der Waals surface area contributed by atoms with Crippen molar-refractivity contribution in [3.05, 3.63) is 50.8 Å². The second-order valence-electron chi connectivity index (χ2n) is 7.22. The average Bonchev–Trinajstić information content (AvgIpc) is 2.73. The molecule has 0 saturated heterocycles. The number of carbonyl (C=O) groups is 4. The molecule has 0 bridgehead atoms. The molecule has 2 N–H and O–H groups in total. The minimum atomic E-state index is -1.40. The number of rotatable bonds is 8. The van der Waals surface area contributed by atoms with Crippen LogP contribution in [0.2, 0.25) is 0 Å². The summed E-state index contributed by atoms with van der Waals surface area (Å²) in [7, 11) is 0. The fourth-order valence-electron chi connectivity index (χ4n) is 3.32. The van der Waals surface area contributed by atoms with Gasteiger partial charge in [0.05, 0.1) is 30.0 Å². The van der Waals surface area contributed by atoms with Crippen molar-refractivity contribution in [3.8, 4) is 0 Å². The number of esters is 3. The average molecular weight is 523 g/mol. The number of anilines is 1. The van der Waals surface area contributed by atoms with E-state index in [0.717, 1.165) is 5.56 Å². The molecular weight excluding hydrogens is 496 g/mol. The van der Waals surface area contributed by atoms with Crippen molar-refractivity contribution in [1.82, 2.24) is 5.32 Å². The van der Waals surface area contributed by atoms with Gasteiger partial charge in [0.2, 0.25) is 0 Å². The van der Waals surface area contributed by atoms with E-state index in [9.17, 15) is 19.2 Å². The number of amides is 1. The van der Waals surface area contributed by atoms with Crippen molar-refractivity contribution in [2.24, 2.45) is 5.92 Å². The summed E-state index contributed by atoms with van der Waals surface area (Å²) in [5.41, 5.74) is 2.05. The molecule has 0 aliphatic carbocycles. The first-order chi connectivity index (χ1) is 15.6. The first kappa shape index (κ1) is 26.1. The Bertz CT molecular complexity index is 990. The van der Waals surface area contributed by atoms with E-state index >= 15 is 0 Å². The second-order valence-corrected chi connectivity index (χ2v) is 8.07. The normalized spacial score (nSPS) is 13.9. The van der Waals surface area contributed by atoms with Gasteiger partial charge in [0.1, 0.15) is 5.92 Å². The molecule has 1 aliphatic rings. The summed E-state index contributed by atoms with van der Waals surface area (Å²) >= 11 is 3.36. The zero-order valence-corrected chi connectivity index (χ0v) is 20.8. The van der Waals surface area contributed by atoms with E-state index in [1.165, 1.54) is 0 Å². The summed E-state index contributed by atoms with van der Waals surface area (Å²) < 4.78 is 16.0. The number of benzene rings is 1. The predicted octanol–water partition coefficient (Wildman–Crippen LogP) is 3.13. The Kier molecular flexibility index (Phi) is 9.22. The third kappa shape index (κ3) is 6.44. The van der Waals surface area contributed by atoms with Crippen molar-refractivity contribution in [1.29, 1.82) is 0 Å². The van der Waals surface area contributed by atoms with Crippen LogP contribution in [-0.2, 0) is 33.4 Å². The van der Waals surface area contributed by atoms with Gasteiger partial charge in [-0.05, 0) is 68.2 Å². The Morgan fingerprint density at radius 2 is 1.48 bits per heavy atom. The zero-order chi connectivity index (χ0) is 24.7. The van der Waals surface area contributed by atoms with Gasteiger partial charge in [-0.2, -0.15) is 0 Å². The van der Waals surface area contributed by atoms with Gasteiger partial charge >= 0.3 is 17.9 Å². The fourth-order valence-corrected chi connectivity index (χ4v) is 3.91. The van der Waals surface area contributed by atoms with Crippen LogP contribution in [0, 0.1) is 12.8 Å². The molecule has 0 spiro atoms. The number of dihydropyridines is 1. The molecule has 0 saturated carbocycles. The molecule has 0 aromatic heterocycles. The van der Waals surface area contributed by atoms with E-state index in [1.807, 2.05) is 19.1 Å². The molecule has 33 heavy (non-hydrogen) atoms. The van der Waals surface area contributed by atoms with Gasteiger partial charge in [-0.1, -0.05) is 6.07 Å². The molecule has 1 aromatic rings. The maximum Gasteiger partial charge on any atom is 0.337 e. The number of hydrogen-bond donors (Lipinski definition) is 2. The van der Waals surface area contributed by atoms with Crippen molar-refractivity contribution in [2.45, 2.75) is 34.6 Å². The smallest absolute Gasteiger partial charge is 0.337 e. The summed E-state index contributed by atoms with van der Waals surface area (Å²) in [6, 6.07) is 5.36. The van der Waals surface area contributed by atoms with Crippen LogP contribution in [0.4, 0.5) is 5.69 Å². The third-order valence-corrected chi connectivity index (χ3v) is 5.39. The first-order valence-electron chi connectivity index (χ1n) is 10.4. The van der Waals surface area contributed by atoms with Crippen LogP contribution in [-0.4, -0.2) is 43.6 Å². The van der Waals surface area contributed by atoms with Gasteiger partial charge in [0.25, 0.3) is 5.91 Å². The number of aryl methyl sites for hydroxylation is 1.